The van der Waals surface area contributed by atoms with E-state index in [1.807, 2.05) is 46.0 Å². The van der Waals surface area contributed by atoms with Crippen molar-refractivity contribution in [3.05, 3.63) is 60.6 Å². The molecule has 1 fully saturated rings. The third-order valence-electron chi connectivity index (χ3n) is 6.59. The molecule has 180 valence electrons. The van der Waals surface area contributed by atoms with E-state index >= 15 is 0 Å². The van der Waals surface area contributed by atoms with Crippen LogP contribution in [0.5, 0.6) is 0 Å². The number of carbonyl (C=O) groups is 2. The van der Waals surface area contributed by atoms with E-state index in [1.165, 1.54) is 0 Å². The standard InChI is InChI=1S/C26H29N7O2/c27-25(35)19-9-10-22-23(16-19)33(18-29-22)11-5-1-2-8-24(34)31-12-14-32(15-13-31)26-28-17-20-6-3-4-7-21(20)30-26/h3-4,6-7,9-10,16-18H,1-2,5,8,11-15H2,(H2,27,35). The molecule has 3 heterocycles. The molecule has 1 aliphatic heterocycles. The van der Waals surface area contributed by atoms with Crippen LogP contribution in [0.25, 0.3) is 21.9 Å². The molecule has 35 heavy (non-hydrogen) atoms. The Labute approximate surface area is 203 Å². The van der Waals surface area contributed by atoms with Crippen LogP contribution in [0.2, 0.25) is 0 Å². The number of aryl methyl sites for hydroxylation is 1. The maximum Gasteiger partial charge on any atom is 0.248 e. The number of nitrogens with two attached hydrogens (primary N) is 1. The highest BCUT2D eigenvalue weighted by Crippen LogP contribution is 2.18. The number of nitrogens with zero attached hydrogens (tertiary/aromatic N) is 6. The van der Waals surface area contributed by atoms with Crippen LogP contribution in [0.4, 0.5) is 5.95 Å². The number of primary amides is 1. The number of rotatable bonds is 8. The lowest BCUT2D eigenvalue weighted by molar-refractivity contribution is -0.131. The van der Waals surface area contributed by atoms with Gasteiger partial charge in [-0.3, -0.25) is 9.59 Å². The van der Waals surface area contributed by atoms with E-state index in [0.29, 0.717) is 25.1 Å². The summed E-state index contributed by atoms with van der Waals surface area (Å²) in [5, 5.41) is 1.03. The number of anilines is 1. The van der Waals surface area contributed by atoms with Crippen molar-refractivity contribution in [3.63, 3.8) is 0 Å². The number of benzene rings is 2. The van der Waals surface area contributed by atoms with Gasteiger partial charge in [0.05, 0.1) is 22.9 Å². The highest BCUT2D eigenvalue weighted by atomic mass is 16.2. The fourth-order valence-corrected chi connectivity index (χ4v) is 4.55. The van der Waals surface area contributed by atoms with Crippen LogP contribution in [0.15, 0.2) is 55.0 Å². The summed E-state index contributed by atoms with van der Waals surface area (Å²) in [6, 6.07) is 13.3. The Morgan fingerprint density at radius 2 is 1.74 bits per heavy atom. The Bertz CT molecular complexity index is 1360. The summed E-state index contributed by atoms with van der Waals surface area (Å²) in [6.45, 7) is 3.66. The lowest BCUT2D eigenvalue weighted by Crippen LogP contribution is -2.49. The second-order valence-corrected chi connectivity index (χ2v) is 8.91. The molecule has 0 saturated carbocycles. The van der Waals surface area contributed by atoms with E-state index in [9.17, 15) is 9.59 Å². The van der Waals surface area contributed by atoms with Gasteiger partial charge in [0.2, 0.25) is 17.8 Å². The summed E-state index contributed by atoms with van der Waals surface area (Å²) < 4.78 is 2.04. The van der Waals surface area contributed by atoms with Gasteiger partial charge < -0.3 is 20.1 Å². The Morgan fingerprint density at radius 3 is 2.57 bits per heavy atom. The van der Waals surface area contributed by atoms with E-state index in [4.69, 9.17) is 5.73 Å². The van der Waals surface area contributed by atoms with Crippen molar-refractivity contribution in [2.45, 2.75) is 32.2 Å². The quantitative estimate of drug-likeness (QED) is 0.396. The molecule has 2 amide bonds. The monoisotopic (exact) mass is 471 g/mol. The van der Waals surface area contributed by atoms with Gasteiger partial charge in [-0.1, -0.05) is 24.6 Å². The maximum absolute atomic E-state index is 12.7. The molecule has 0 bridgehead atoms. The average molecular weight is 472 g/mol. The minimum atomic E-state index is -0.441. The molecule has 9 nitrogen and oxygen atoms in total. The van der Waals surface area contributed by atoms with Crippen molar-refractivity contribution >= 4 is 39.7 Å². The number of para-hydroxylation sites is 1. The van der Waals surface area contributed by atoms with E-state index in [2.05, 4.69) is 19.9 Å². The van der Waals surface area contributed by atoms with Crippen molar-refractivity contribution in [3.8, 4) is 0 Å². The number of amides is 2. The Hall–Kier alpha value is -4.01. The average Bonchev–Trinajstić information content (AvgIpc) is 3.30. The summed E-state index contributed by atoms with van der Waals surface area (Å²) in [5.74, 6) is 0.498. The summed E-state index contributed by atoms with van der Waals surface area (Å²) >= 11 is 0. The number of hydrogen-bond acceptors (Lipinski definition) is 6. The number of hydrogen-bond donors (Lipinski definition) is 1. The van der Waals surface area contributed by atoms with Crippen LogP contribution in [-0.2, 0) is 11.3 Å². The van der Waals surface area contributed by atoms with E-state index in [1.54, 1.807) is 18.5 Å². The van der Waals surface area contributed by atoms with Gasteiger partial charge in [0.1, 0.15) is 0 Å². The smallest absolute Gasteiger partial charge is 0.248 e. The van der Waals surface area contributed by atoms with Crippen molar-refractivity contribution in [2.75, 3.05) is 31.1 Å². The molecular weight excluding hydrogens is 442 g/mol. The maximum atomic E-state index is 12.7. The molecule has 4 aromatic rings. The summed E-state index contributed by atoms with van der Waals surface area (Å²) in [7, 11) is 0. The normalized spacial score (nSPS) is 14.1. The van der Waals surface area contributed by atoms with Crippen LogP contribution in [-0.4, -0.2) is 62.4 Å². The van der Waals surface area contributed by atoms with E-state index in [0.717, 1.165) is 66.8 Å². The molecule has 0 aliphatic carbocycles. The molecule has 2 aromatic heterocycles. The Kier molecular flexibility index (Phi) is 6.56. The number of imidazole rings is 1. The van der Waals surface area contributed by atoms with Crippen molar-refractivity contribution < 1.29 is 9.59 Å². The molecule has 0 unspecified atom stereocenters. The number of unbranched alkanes of at least 4 members (excludes halogenated alkanes) is 2. The van der Waals surface area contributed by atoms with Crippen LogP contribution >= 0.6 is 0 Å². The largest absolute Gasteiger partial charge is 0.366 e. The van der Waals surface area contributed by atoms with E-state index in [-0.39, 0.29) is 5.91 Å². The first-order chi connectivity index (χ1) is 17.1. The Balaban J connectivity index is 1.06. The summed E-state index contributed by atoms with van der Waals surface area (Å²) in [6.07, 6.45) is 6.95. The van der Waals surface area contributed by atoms with Gasteiger partial charge >= 0.3 is 0 Å². The van der Waals surface area contributed by atoms with Gasteiger partial charge in [0.25, 0.3) is 0 Å². The first-order valence-corrected chi connectivity index (χ1v) is 12.1. The first kappa shape index (κ1) is 22.8. The van der Waals surface area contributed by atoms with Gasteiger partial charge in [0, 0.05) is 56.3 Å². The number of carbonyl (C=O) groups excluding carboxylic acids is 2. The third kappa shape index (κ3) is 5.08. The second kappa shape index (κ2) is 10.1. The molecule has 1 aliphatic rings. The highest BCUT2D eigenvalue weighted by Gasteiger charge is 2.22. The minimum Gasteiger partial charge on any atom is -0.366 e. The molecule has 2 aromatic carbocycles. The molecular formula is C26H29N7O2. The van der Waals surface area contributed by atoms with Crippen molar-refractivity contribution in [1.29, 1.82) is 0 Å². The van der Waals surface area contributed by atoms with Gasteiger partial charge in [-0.2, -0.15) is 0 Å². The van der Waals surface area contributed by atoms with Crippen LogP contribution < -0.4 is 10.6 Å². The van der Waals surface area contributed by atoms with Gasteiger partial charge in [-0.15, -0.1) is 0 Å². The van der Waals surface area contributed by atoms with Gasteiger partial charge in [0.15, 0.2) is 0 Å². The second-order valence-electron chi connectivity index (χ2n) is 8.91. The molecule has 0 spiro atoms. The summed E-state index contributed by atoms with van der Waals surface area (Å²) in [4.78, 5) is 41.8. The first-order valence-electron chi connectivity index (χ1n) is 12.1. The lowest BCUT2D eigenvalue weighted by Gasteiger charge is -2.34. The molecule has 2 N–H and O–H groups in total. The van der Waals surface area contributed by atoms with E-state index < -0.39 is 5.91 Å². The van der Waals surface area contributed by atoms with Crippen molar-refractivity contribution in [2.24, 2.45) is 5.73 Å². The molecule has 1 saturated heterocycles. The molecule has 0 radical (unpaired) electrons. The third-order valence-corrected chi connectivity index (χ3v) is 6.59. The predicted octanol–water partition coefficient (Wildman–Crippen LogP) is 2.99. The Morgan fingerprint density at radius 1 is 0.914 bits per heavy atom. The van der Waals surface area contributed by atoms with Crippen molar-refractivity contribution in [1.82, 2.24) is 24.4 Å². The zero-order valence-electron chi connectivity index (χ0n) is 19.6. The number of fused-ring (bicyclic) bond motifs is 2. The van der Waals surface area contributed by atoms with Crippen LogP contribution in [0.1, 0.15) is 36.0 Å². The fraction of sp³-hybridized carbons (Fsp3) is 0.346. The minimum absolute atomic E-state index is 0.211. The van der Waals surface area contributed by atoms with Crippen LogP contribution in [0, 0.1) is 0 Å². The topological polar surface area (TPSA) is 110 Å². The SMILES string of the molecule is NC(=O)c1ccc2ncn(CCCCCC(=O)N3CCN(c4ncc5ccccc5n4)CC3)c2c1. The highest BCUT2D eigenvalue weighted by molar-refractivity contribution is 5.96. The number of piperazine rings is 1. The zero-order valence-corrected chi connectivity index (χ0v) is 19.6. The zero-order chi connectivity index (χ0) is 24.2. The molecule has 9 heteroatoms. The van der Waals surface area contributed by atoms with Gasteiger partial charge in [-0.05, 0) is 37.1 Å². The lowest BCUT2D eigenvalue weighted by atomic mass is 10.1. The molecule has 5 rings (SSSR count). The fourth-order valence-electron chi connectivity index (χ4n) is 4.55. The predicted molar refractivity (Wildman–Crippen MR) is 135 cm³/mol. The van der Waals surface area contributed by atoms with Gasteiger partial charge in [-0.25, -0.2) is 15.0 Å². The summed E-state index contributed by atoms with van der Waals surface area (Å²) in [5.41, 5.74) is 8.57. The molecule has 0 atom stereocenters. The number of aromatic nitrogens is 4. The van der Waals surface area contributed by atoms with Crippen LogP contribution in [0.3, 0.4) is 0 Å².